The average molecular weight is 578 g/mol. The topological polar surface area (TPSA) is 138 Å². The Balaban J connectivity index is 1.30. The highest BCUT2D eigenvalue weighted by Gasteiger charge is 2.38. The van der Waals surface area contributed by atoms with Gasteiger partial charge >= 0.3 is 5.76 Å². The lowest BCUT2D eigenvalue weighted by molar-refractivity contribution is -0.133. The summed E-state index contributed by atoms with van der Waals surface area (Å²) in [5.41, 5.74) is 1.48. The molecule has 4 fully saturated rings. The number of fused-ring (bicyclic) bond motifs is 1. The molecule has 1 saturated heterocycles. The maximum Gasteiger partial charge on any atom is 0.439 e. The summed E-state index contributed by atoms with van der Waals surface area (Å²) in [6.07, 6.45) is 10.6. The number of piperazine rings is 1. The van der Waals surface area contributed by atoms with Crippen molar-refractivity contribution in [3.8, 4) is 11.6 Å². The van der Waals surface area contributed by atoms with Crippen LogP contribution in [-0.4, -0.2) is 72.2 Å². The molecule has 4 aliphatic rings. The molecule has 226 valence electrons. The van der Waals surface area contributed by atoms with E-state index in [1.807, 2.05) is 4.90 Å². The maximum atomic E-state index is 12.9. The number of H-pyrrole nitrogens is 1. The van der Waals surface area contributed by atoms with Crippen molar-refractivity contribution >= 4 is 28.8 Å². The molecule has 3 saturated carbocycles. The lowest BCUT2D eigenvalue weighted by Gasteiger charge is -2.41. The summed E-state index contributed by atoms with van der Waals surface area (Å²) >= 11 is 0. The number of aromatic nitrogens is 6. The highest BCUT2D eigenvalue weighted by molar-refractivity contribution is 5.88. The molecule has 2 atom stereocenters. The van der Waals surface area contributed by atoms with Gasteiger partial charge in [0, 0.05) is 44.2 Å². The van der Waals surface area contributed by atoms with Crippen molar-refractivity contribution in [1.82, 2.24) is 34.6 Å². The minimum absolute atomic E-state index is 0.119. The molecule has 12 nitrogen and oxygen atoms in total. The van der Waals surface area contributed by atoms with Gasteiger partial charge in [-0.3, -0.25) is 14.3 Å². The fraction of sp³-hybridized carbons (Fsp3) is 0.733. The second-order valence-electron chi connectivity index (χ2n) is 13.4. The van der Waals surface area contributed by atoms with E-state index in [1.165, 1.54) is 44.9 Å². The van der Waals surface area contributed by atoms with Crippen LogP contribution in [0.15, 0.2) is 9.32 Å². The van der Waals surface area contributed by atoms with Crippen molar-refractivity contribution in [1.29, 1.82) is 0 Å². The first kappa shape index (κ1) is 27.4. The van der Waals surface area contributed by atoms with Crippen LogP contribution in [0.25, 0.3) is 22.8 Å². The van der Waals surface area contributed by atoms with Gasteiger partial charge in [0.05, 0.1) is 0 Å². The van der Waals surface area contributed by atoms with E-state index >= 15 is 0 Å². The predicted octanol–water partition coefficient (Wildman–Crippen LogP) is 4.04. The van der Waals surface area contributed by atoms with Gasteiger partial charge in [0.1, 0.15) is 5.52 Å². The van der Waals surface area contributed by atoms with E-state index in [0.29, 0.717) is 36.5 Å². The molecule has 0 bridgehead atoms. The predicted molar refractivity (Wildman–Crippen MR) is 159 cm³/mol. The normalized spacial score (nSPS) is 25.9. The van der Waals surface area contributed by atoms with Crippen LogP contribution in [0.2, 0.25) is 0 Å². The van der Waals surface area contributed by atoms with E-state index in [1.54, 1.807) is 0 Å². The van der Waals surface area contributed by atoms with Gasteiger partial charge in [0.25, 0.3) is 0 Å². The number of imidazole rings is 1. The minimum Gasteiger partial charge on any atom is -0.365 e. The Morgan fingerprint density at radius 1 is 1.05 bits per heavy atom. The van der Waals surface area contributed by atoms with E-state index in [-0.39, 0.29) is 29.7 Å². The summed E-state index contributed by atoms with van der Waals surface area (Å²) in [5.74, 6) is 3.89. The molecule has 7 rings (SSSR count). The molecule has 1 aliphatic heterocycles. The van der Waals surface area contributed by atoms with Crippen molar-refractivity contribution in [2.24, 2.45) is 23.7 Å². The van der Waals surface area contributed by atoms with Crippen LogP contribution < -0.4 is 16.0 Å². The summed E-state index contributed by atoms with van der Waals surface area (Å²) in [6, 6.07) is 0.354. The first-order valence-electron chi connectivity index (χ1n) is 16.0. The Kier molecular flexibility index (Phi) is 7.17. The summed E-state index contributed by atoms with van der Waals surface area (Å²) in [7, 11) is 0. The summed E-state index contributed by atoms with van der Waals surface area (Å²) < 4.78 is 7.13. The van der Waals surface area contributed by atoms with Crippen molar-refractivity contribution in [3.05, 3.63) is 10.6 Å². The number of rotatable bonds is 8. The number of carbonyl (C=O) groups is 1. The summed E-state index contributed by atoms with van der Waals surface area (Å²) in [6.45, 7) is 9.73. The Morgan fingerprint density at radius 3 is 2.48 bits per heavy atom. The molecule has 4 heterocycles. The zero-order chi connectivity index (χ0) is 29.0. The number of nitrogens with one attached hydrogen (secondary N) is 2. The van der Waals surface area contributed by atoms with E-state index in [9.17, 15) is 9.59 Å². The first-order valence-corrected chi connectivity index (χ1v) is 16.0. The lowest BCUT2D eigenvalue weighted by Crippen LogP contribution is -2.54. The number of hydrogen-bond donors (Lipinski definition) is 2. The standard InChI is InChI=1S/C30H43N9O3/c1-17-7-9-20(10-8-17)16-39-23-24(31-19(3)21-5-4-6-21)32-26(27-35-30(41)42-36-27)33-25(23)34-29(39)38-14-13-37(15-18(38)2)28(40)22-11-12-22/h17-22H,4-16H2,1-3H3,(H,31,32,33)(H,35,36,41)/t17?,18-,19-,20?/m1/s1. The number of carbonyl (C=O) groups excluding carboxylic acids is 1. The SMILES string of the molecule is CC1CCC(Cn2c(N3CCN(C(=O)C4CC4)C[C@H]3C)nc3nc(-c4noc(=O)[nH]4)nc(N[C@H](C)C4CCC4)c32)CC1. The van der Waals surface area contributed by atoms with Crippen molar-refractivity contribution in [3.63, 3.8) is 0 Å². The molecule has 0 aromatic carbocycles. The Labute approximate surface area is 245 Å². The van der Waals surface area contributed by atoms with Gasteiger partial charge in [0.15, 0.2) is 11.5 Å². The van der Waals surface area contributed by atoms with Gasteiger partial charge in [0.2, 0.25) is 23.5 Å². The number of amides is 1. The molecule has 42 heavy (non-hydrogen) atoms. The van der Waals surface area contributed by atoms with Crippen molar-refractivity contribution in [2.45, 2.75) is 97.2 Å². The zero-order valence-corrected chi connectivity index (χ0v) is 25.0. The second-order valence-corrected chi connectivity index (χ2v) is 13.4. The maximum absolute atomic E-state index is 12.9. The zero-order valence-electron chi connectivity index (χ0n) is 25.0. The molecule has 0 spiro atoms. The van der Waals surface area contributed by atoms with E-state index in [4.69, 9.17) is 19.5 Å². The van der Waals surface area contributed by atoms with E-state index in [2.05, 4.69) is 45.7 Å². The quantitative estimate of drug-likeness (QED) is 0.406. The van der Waals surface area contributed by atoms with Gasteiger partial charge in [-0.15, -0.1) is 0 Å². The monoisotopic (exact) mass is 577 g/mol. The Morgan fingerprint density at radius 2 is 1.83 bits per heavy atom. The third-order valence-corrected chi connectivity index (χ3v) is 10.2. The molecule has 2 N–H and O–H groups in total. The van der Waals surface area contributed by atoms with E-state index < -0.39 is 5.76 Å². The Hall–Kier alpha value is -3.44. The third-order valence-electron chi connectivity index (χ3n) is 10.2. The van der Waals surface area contributed by atoms with Crippen LogP contribution in [0.4, 0.5) is 11.8 Å². The highest BCUT2D eigenvalue weighted by Crippen LogP contribution is 2.37. The molecule has 12 heteroatoms. The molecular weight excluding hydrogens is 534 g/mol. The first-order chi connectivity index (χ1) is 20.3. The molecular formula is C30H43N9O3. The van der Waals surface area contributed by atoms with Crippen LogP contribution in [-0.2, 0) is 11.3 Å². The second kappa shape index (κ2) is 11.0. The summed E-state index contributed by atoms with van der Waals surface area (Å²) in [4.78, 5) is 46.6. The van der Waals surface area contributed by atoms with Gasteiger partial charge in [-0.05, 0) is 70.1 Å². The van der Waals surface area contributed by atoms with Crippen LogP contribution in [0.1, 0.15) is 78.6 Å². The largest absolute Gasteiger partial charge is 0.439 e. The molecule has 0 unspecified atom stereocenters. The van der Waals surface area contributed by atoms with Crippen LogP contribution in [0, 0.1) is 23.7 Å². The number of hydrogen-bond acceptors (Lipinski definition) is 9. The van der Waals surface area contributed by atoms with Crippen LogP contribution in [0.5, 0.6) is 0 Å². The molecule has 3 aromatic heterocycles. The highest BCUT2D eigenvalue weighted by atomic mass is 16.5. The molecule has 1 amide bonds. The van der Waals surface area contributed by atoms with Crippen molar-refractivity contribution in [2.75, 3.05) is 29.9 Å². The lowest BCUT2D eigenvalue weighted by atomic mass is 9.80. The van der Waals surface area contributed by atoms with Gasteiger partial charge < -0.3 is 19.7 Å². The third kappa shape index (κ3) is 5.28. The number of aromatic amines is 1. The molecule has 3 aromatic rings. The Bertz CT molecular complexity index is 1500. The molecule has 3 aliphatic carbocycles. The number of anilines is 2. The number of nitrogens with zero attached hydrogens (tertiary/aromatic N) is 7. The summed E-state index contributed by atoms with van der Waals surface area (Å²) in [5, 5.41) is 7.60. The minimum atomic E-state index is -0.642. The fourth-order valence-electron chi connectivity index (χ4n) is 7.04. The van der Waals surface area contributed by atoms with Gasteiger partial charge in [-0.25, -0.2) is 14.8 Å². The molecule has 0 radical (unpaired) electrons. The van der Waals surface area contributed by atoms with Crippen LogP contribution >= 0.6 is 0 Å². The average Bonchev–Trinajstić information content (AvgIpc) is 3.60. The van der Waals surface area contributed by atoms with E-state index in [0.717, 1.165) is 49.1 Å². The van der Waals surface area contributed by atoms with Gasteiger partial charge in [-0.1, -0.05) is 31.3 Å². The smallest absolute Gasteiger partial charge is 0.365 e. The fourth-order valence-corrected chi connectivity index (χ4v) is 7.04. The van der Waals surface area contributed by atoms with Crippen molar-refractivity contribution < 1.29 is 9.32 Å². The van der Waals surface area contributed by atoms with Crippen LogP contribution in [0.3, 0.4) is 0 Å². The van der Waals surface area contributed by atoms with Gasteiger partial charge in [-0.2, -0.15) is 4.98 Å².